The molecule has 0 aliphatic carbocycles. The van der Waals surface area contributed by atoms with Crippen molar-refractivity contribution in [3.63, 3.8) is 0 Å². The highest BCUT2D eigenvalue weighted by molar-refractivity contribution is 5.98. The number of allylic oxidation sites excluding steroid dienone is 7. The molecular formula is C25H39NO2. The van der Waals surface area contributed by atoms with E-state index in [4.69, 9.17) is 4.74 Å². The normalized spacial score (nSPS) is 18.4. The molecule has 1 aliphatic rings. The van der Waals surface area contributed by atoms with Crippen molar-refractivity contribution in [2.45, 2.75) is 93.0 Å². The first kappa shape index (κ1) is 24.1. The minimum Gasteiger partial charge on any atom is -0.410 e. The fourth-order valence-corrected chi connectivity index (χ4v) is 3.02. The molecule has 0 aromatic carbocycles. The van der Waals surface area contributed by atoms with Crippen molar-refractivity contribution in [2.24, 2.45) is 10.9 Å². The Hall–Kier alpha value is -1.90. The summed E-state index contributed by atoms with van der Waals surface area (Å²) in [4.78, 5) is 16.2. The average Bonchev–Trinajstić information content (AvgIpc) is 2.95. The molecule has 0 aromatic heterocycles. The smallest absolute Gasteiger partial charge is 0.337 e. The first-order valence-corrected chi connectivity index (χ1v) is 10.6. The van der Waals surface area contributed by atoms with Crippen molar-refractivity contribution in [1.29, 1.82) is 0 Å². The van der Waals surface area contributed by atoms with E-state index in [2.05, 4.69) is 63.9 Å². The summed E-state index contributed by atoms with van der Waals surface area (Å²) >= 11 is 0. The molecule has 0 unspecified atom stereocenters. The maximum absolute atomic E-state index is 11.8. The van der Waals surface area contributed by atoms with Crippen LogP contribution in [0.4, 0.5) is 0 Å². The van der Waals surface area contributed by atoms with Crippen LogP contribution < -0.4 is 0 Å². The van der Waals surface area contributed by atoms with Gasteiger partial charge in [-0.1, -0.05) is 60.4 Å². The van der Waals surface area contributed by atoms with Crippen LogP contribution in [0.3, 0.4) is 0 Å². The van der Waals surface area contributed by atoms with Gasteiger partial charge in [-0.05, 0) is 72.6 Å². The third-order valence-corrected chi connectivity index (χ3v) is 4.86. The molecule has 0 spiro atoms. The highest BCUT2D eigenvalue weighted by Gasteiger charge is 2.31. The molecule has 0 saturated heterocycles. The highest BCUT2D eigenvalue weighted by atomic mass is 16.6. The monoisotopic (exact) mass is 385 g/mol. The fraction of sp³-hybridized carbons (Fsp3) is 0.600. The van der Waals surface area contributed by atoms with Crippen LogP contribution in [0.15, 0.2) is 51.6 Å². The number of hydrogen-bond donors (Lipinski definition) is 0. The van der Waals surface area contributed by atoms with Crippen molar-refractivity contribution in [1.82, 2.24) is 0 Å². The summed E-state index contributed by atoms with van der Waals surface area (Å²) < 4.78 is 5.29. The summed E-state index contributed by atoms with van der Waals surface area (Å²) in [6.45, 7) is 14.8. The first-order chi connectivity index (χ1) is 13.2. The summed E-state index contributed by atoms with van der Waals surface area (Å²) in [7, 11) is 0. The molecule has 1 atom stereocenters. The van der Waals surface area contributed by atoms with Gasteiger partial charge in [0, 0.05) is 6.42 Å². The van der Waals surface area contributed by atoms with Crippen LogP contribution >= 0.6 is 0 Å². The summed E-state index contributed by atoms with van der Waals surface area (Å²) in [6.07, 6.45) is 15.2. The molecule has 3 nitrogen and oxygen atoms in total. The molecule has 0 bridgehead atoms. The zero-order valence-electron chi connectivity index (χ0n) is 19.0. The van der Waals surface area contributed by atoms with E-state index in [-0.39, 0.29) is 17.9 Å². The lowest BCUT2D eigenvalue weighted by Gasteiger charge is -2.04. The van der Waals surface area contributed by atoms with Gasteiger partial charge in [0.05, 0.1) is 0 Å². The molecule has 28 heavy (non-hydrogen) atoms. The maximum atomic E-state index is 11.8. The summed E-state index contributed by atoms with van der Waals surface area (Å²) in [5.74, 6) is 0.536. The predicted octanol–water partition coefficient (Wildman–Crippen LogP) is 7.11. The van der Waals surface area contributed by atoms with Crippen LogP contribution in [0.25, 0.3) is 0 Å². The molecule has 0 N–H and O–H groups in total. The second-order valence-corrected chi connectivity index (χ2v) is 8.56. The molecule has 1 rings (SSSR count). The molecular weight excluding hydrogens is 346 g/mol. The van der Waals surface area contributed by atoms with Gasteiger partial charge in [0.25, 0.3) is 0 Å². The van der Waals surface area contributed by atoms with Crippen molar-refractivity contribution >= 4 is 11.9 Å². The number of ether oxygens (including phenoxy) is 1. The van der Waals surface area contributed by atoms with E-state index in [1.165, 1.54) is 22.3 Å². The standard InChI is InChI=1S/C25H39NO2/c1-18(2)11-8-12-20(5)13-9-14-21(6)15-10-16-22(7)17-23-26-24(19(3)4)25(27)28-23/h11,13,15-16,19,24H,8-10,12,14,17H2,1-7H3/b20-13?,21-15?,22-16+/t24-/m1/s1. The fourth-order valence-electron chi connectivity index (χ4n) is 3.02. The summed E-state index contributed by atoms with van der Waals surface area (Å²) in [5.41, 5.74) is 5.48. The Kier molecular flexibility index (Phi) is 10.8. The molecule has 0 fully saturated rings. The summed E-state index contributed by atoms with van der Waals surface area (Å²) in [6, 6.07) is -0.330. The van der Waals surface area contributed by atoms with E-state index in [0.717, 1.165) is 32.1 Å². The molecule has 0 amide bonds. The van der Waals surface area contributed by atoms with Gasteiger partial charge in [-0.2, -0.15) is 0 Å². The lowest BCUT2D eigenvalue weighted by molar-refractivity contribution is -0.135. The van der Waals surface area contributed by atoms with Gasteiger partial charge in [-0.25, -0.2) is 9.79 Å². The third-order valence-electron chi connectivity index (χ3n) is 4.86. The van der Waals surface area contributed by atoms with Crippen LogP contribution in [-0.2, 0) is 9.53 Å². The zero-order chi connectivity index (χ0) is 21.1. The van der Waals surface area contributed by atoms with E-state index in [0.29, 0.717) is 12.3 Å². The number of esters is 1. The van der Waals surface area contributed by atoms with Gasteiger partial charge < -0.3 is 4.74 Å². The van der Waals surface area contributed by atoms with Gasteiger partial charge in [-0.15, -0.1) is 0 Å². The molecule has 3 heteroatoms. The predicted molar refractivity (Wildman–Crippen MR) is 121 cm³/mol. The second kappa shape index (κ2) is 12.5. The van der Waals surface area contributed by atoms with E-state index < -0.39 is 0 Å². The van der Waals surface area contributed by atoms with Crippen molar-refractivity contribution in [3.8, 4) is 0 Å². The number of nitrogens with zero attached hydrogens (tertiary/aromatic N) is 1. The number of cyclic esters (lactones) is 1. The SMILES string of the molecule is CC(C)=CCCC(C)=CCCC(C)=CC/C=C(\C)CC1=N[C@H](C(C)C)C(=O)O1. The zero-order valence-corrected chi connectivity index (χ0v) is 19.0. The van der Waals surface area contributed by atoms with Crippen LogP contribution in [-0.4, -0.2) is 17.9 Å². The molecule has 0 radical (unpaired) electrons. The lowest BCUT2D eigenvalue weighted by Crippen LogP contribution is -2.20. The number of carbonyl (C=O) groups excluding carboxylic acids is 1. The van der Waals surface area contributed by atoms with Crippen LogP contribution in [0.1, 0.15) is 87.0 Å². The molecule has 1 heterocycles. The van der Waals surface area contributed by atoms with Gasteiger partial charge in [0.2, 0.25) is 0 Å². The molecule has 0 aromatic rings. The average molecular weight is 386 g/mol. The van der Waals surface area contributed by atoms with E-state index in [1.807, 2.05) is 13.8 Å². The largest absolute Gasteiger partial charge is 0.410 e. The Morgan fingerprint density at radius 2 is 1.50 bits per heavy atom. The first-order valence-electron chi connectivity index (χ1n) is 10.6. The van der Waals surface area contributed by atoms with Crippen LogP contribution in [0, 0.1) is 5.92 Å². The highest BCUT2D eigenvalue weighted by Crippen LogP contribution is 2.19. The molecule has 156 valence electrons. The maximum Gasteiger partial charge on any atom is 0.337 e. The van der Waals surface area contributed by atoms with E-state index in [1.54, 1.807) is 0 Å². The Morgan fingerprint density at radius 3 is 2.07 bits per heavy atom. The number of carbonyl (C=O) groups is 1. The topological polar surface area (TPSA) is 38.7 Å². The Morgan fingerprint density at radius 1 is 0.929 bits per heavy atom. The Balaban J connectivity index is 2.37. The second-order valence-electron chi connectivity index (χ2n) is 8.56. The number of rotatable bonds is 11. The number of aliphatic imine (C=N–C) groups is 1. The van der Waals surface area contributed by atoms with E-state index in [9.17, 15) is 4.79 Å². The molecule has 1 aliphatic heterocycles. The van der Waals surface area contributed by atoms with Gasteiger partial charge in [0.1, 0.15) is 0 Å². The quantitative estimate of drug-likeness (QED) is 0.281. The Labute approximate surface area is 172 Å². The van der Waals surface area contributed by atoms with Crippen LogP contribution in [0.2, 0.25) is 0 Å². The van der Waals surface area contributed by atoms with Crippen molar-refractivity contribution in [2.75, 3.05) is 0 Å². The van der Waals surface area contributed by atoms with Gasteiger partial charge in [-0.3, -0.25) is 0 Å². The minimum atomic E-state index is -0.330. The molecule has 0 saturated carbocycles. The van der Waals surface area contributed by atoms with E-state index >= 15 is 0 Å². The van der Waals surface area contributed by atoms with Crippen molar-refractivity contribution < 1.29 is 9.53 Å². The van der Waals surface area contributed by atoms with Crippen molar-refractivity contribution in [3.05, 3.63) is 46.6 Å². The third kappa shape index (κ3) is 9.87. The van der Waals surface area contributed by atoms with Gasteiger partial charge >= 0.3 is 5.97 Å². The lowest BCUT2D eigenvalue weighted by atomic mass is 10.1. The Bertz CT molecular complexity index is 671. The summed E-state index contributed by atoms with van der Waals surface area (Å²) in [5, 5.41) is 0. The minimum absolute atomic E-state index is 0.185. The van der Waals surface area contributed by atoms with Gasteiger partial charge in [0.15, 0.2) is 11.9 Å². The number of hydrogen-bond acceptors (Lipinski definition) is 3. The van der Waals surface area contributed by atoms with Crippen LogP contribution in [0.5, 0.6) is 0 Å².